The maximum atomic E-state index is 13.3. The molecule has 0 aliphatic heterocycles. The molecule has 0 unspecified atom stereocenters. The lowest BCUT2D eigenvalue weighted by Crippen LogP contribution is -2.41. The highest BCUT2D eigenvalue weighted by Crippen LogP contribution is 2.33. The summed E-state index contributed by atoms with van der Waals surface area (Å²) in [6.45, 7) is 2.16. The molecule has 7 nitrogen and oxygen atoms in total. The molecule has 1 aliphatic carbocycles. The van der Waals surface area contributed by atoms with Gasteiger partial charge in [0.1, 0.15) is 0 Å². The summed E-state index contributed by atoms with van der Waals surface area (Å²) in [5.41, 5.74) is 4.77. The molecule has 0 saturated heterocycles. The van der Waals surface area contributed by atoms with E-state index in [2.05, 4.69) is 17.8 Å². The Morgan fingerprint density at radius 3 is 2.74 bits per heavy atom. The maximum Gasteiger partial charge on any atom is 0.305 e. The lowest BCUT2D eigenvalue weighted by atomic mass is 9.87. The van der Waals surface area contributed by atoms with Crippen molar-refractivity contribution in [3.05, 3.63) is 61.1 Å². The SMILES string of the molecule is CC[C@@H]1CCc2sc(C(=O)NNC(=O)c3ccc(F)c([N+](=O)[O-])c3)cc2C1. The Labute approximate surface area is 158 Å². The minimum Gasteiger partial charge on any atom is -0.267 e. The third kappa shape index (κ3) is 4.13. The van der Waals surface area contributed by atoms with Gasteiger partial charge in [0.25, 0.3) is 11.8 Å². The molecule has 0 radical (unpaired) electrons. The highest BCUT2D eigenvalue weighted by atomic mass is 32.1. The van der Waals surface area contributed by atoms with E-state index in [1.54, 1.807) is 0 Å². The zero-order chi connectivity index (χ0) is 19.6. The van der Waals surface area contributed by atoms with Gasteiger partial charge in [-0.05, 0) is 48.9 Å². The van der Waals surface area contributed by atoms with Crippen LogP contribution >= 0.6 is 11.3 Å². The van der Waals surface area contributed by atoms with Crippen molar-refractivity contribution in [3.63, 3.8) is 0 Å². The number of hydrogen-bond donors (Lipinski definition) is 2. The van der Waals surface area contributed by atoms with Crippen LogP contribution in [0.4, 0.5) is 10.1 Å². The van der Waals surface area contributed by atoms with Crippen LogP contribution in [0.1, 0.15) is 50.2 Å². The third-order valence-corrected chi connectivity index (χ3v) is 5.92. The Morgan fingerprint density at radius 1 is 1.30 bits per heavy atom. The molecule has 0 bridgehead atoms. The number of hydrogen-bond acceptors (Lipinski definition) is 5. The van der Waals surface area contributed by atoms with Crippen molar-refractivity contribution in [2.24, 2.45) is 5.92 Å². The van der Waals surface area contributed by atoms with Crippen LogP contribution in [0.3, 0.4) is 0 Å². The Kier molecular flexibility index (Phi) is 5.50. The number of rotatable bonds is 4. The predicted molar refractivity (Wildman–Crippen MR) is 98.1 cm³/mol. The smallest absolute Gasteiger partial charge is 0.267 e. The van der Waals surface area contributed by atoms with E-state index >= 15 is 0 Å². The predicted octanol–water partition coefficient (Wildman–Crippen LogP) is 3.39. The van der Waals surface area contributed by atoms with Crippen molar-refractivity contribution >= 4 is 28.8 Å². The highest BCUT2D eigenvalue weighted by Gasteiger charge is 2.23. The normalized spacial score (nSPS) is 15.7. The van der Waals surface area contributed by atoms with Crippen LogP contribution in [0.2, 0.25) is 0 Å². The molecule has 0 spiro atoms. The van der Waals surface area contributed by atoms with Gasteiger partial charge >= 0.3 is 5.69 Å². The third-order valence-electron chi connectivity index (χ3n) is 4.68. The number of nitrogens with one attached hydrogen (secondary N) is 2. The molecule has 1 aromatic heterocycles. The molecule has 2 aromatic rings. The number of carbonyl (C=O) groups excluding carboxylic acids is 2. The Balaban J connectivity index is 1.64. The summed E-state index contributed by atoms with van der Waals surface area (Å²) in [4.78, 5) is 35.9. The summed E-state index contributed by atoms with van der Waals surface area (Å²) < 4.78 is 13.3. The number of thiophene rings is 1. The van der Waals surface area contributed by atoms with Crippen LogP contribution in [-0.2, 0) is 12.8 Å². The number of aryl methyl sites for hydroxylation is 1. The molecule has 2 N–H and O–H groups in total. The molecule has 27 heavy (non-hydrogen) atoms. The second-order valence-corrected chi connectivity index (χ2v) is 7.54. The average molecular weight is 391 g/mol. The standard InChI is InChI=1S/C18H18FN3O4S/c1-2-10-3-6-15-12(7-10)9-16(27-15)18(24)21-20-17(23)11-4-5-13(19)14(8-11)22(25)26/h4-5,8-10H,2-3,6-7H2,1H3,(H,20,23)(H,21,24)/t10-/m1/s1. The first-order chi connectivity index (χ1) is 12.9. The number of amides is 2. The van der Waals surface area contributed by atoms with E-state index in [1.807, 2.05) is 6.07 Å². The average Bonchev–Trinajstić information content (AvgIpc) is 3.09. The fourth-order valence-corrected chi connectivity index (χ4v) is 4.20. The minimum atomic E-state index is -1.03. The Hall–Kier alpha value is -2.81. The second kappa shape index (κ2) is 7.83. The molecule has 142 valence electrons. The van der Waals surface area contributed by atoms with E-state index in [4.69, 9.17) is 0 Å². The van der Waals surface area contributed by atoms with Crippen molar-refractivity contribution in [3.8, 4) is 0 Å². The first-order valence-electron chi connectivity index (χ1n) is 8.55. The zero-order valence-electron chi connectivity index (χ0n) is 14.6. The van der Waals surface area contributed by atoms with Gasteiger partial charge in [0.15, 0.2) is 0 Å². The zero-order valence-corrected chi connectivity index (χ0v) is 15.4. The van der Waals surface area contributed by atoms with Crippen LogP contribution < -0.4 is 10.9 Å². The number of carbonyl (C=O) groups is 2. The van der Waals surface area contributed by atoms with Crippen LogP contribution in [0.15, 0.2) is 24.3 Å². The topological polar surface area (TPSA) is 101 Å². The molecule has 0 fully saturated rings. The fraction of sp³-hybridized carbons (Fsp3) is 0.333. The van der Waals surface area contributed by atoms with E-state index < -0.39 is 28.2 Å². The molecule has 9 heteroatoms. The van der Waals surface area contributed by atoms with Crippen molar-refractivity contribution in [1.82, 2.24) is 10.9 Å². The highest BCUT2D eigenvalue weighted by molar-refractivity contribution is 7.14. The number of benzene rings is 1. The van der Waals surface area contributed by atoms with Crippen molar-refractivity contribution < 1.29 is 18.9 Å². The number of nitro benzene ring substituents is 1. The van der Waals surface area contributed by atoms with Gasteiger partial charge in [-0.15, -0.1) is 11.3 Å². The van der Waals surface area contributed by atoms with Gasteiger partial charge in [-0.3, -0.25) is 30.6 Å². The van der Waals surface area contributed by atoms with Gasteiger partial charge in [-0.25, -0.2) is 0 Å². The summed E-state index contributed by atoms with van der Waals surface area (Å²) in [6, 6.07) is 4.63. The molecular formula is C18H18FN3O4S. The van der Waals surface area contributed by atoms with Crippen molar-refractivity contribution in [1.29, 1.82) is 0 Å². The van der Waals surface area contributed by atoms with E-state index in [9.17, 15) is 24.1 Å². The van der Waals surface area contributed by atoms with Crippen LogP contribution in [0.5, 0.6) is 0 Å². The van der Waals surface area contributed by atoms with Crippen LogP contribution in [-0.4, -0.2) is 16.7 Å². The van der Waals surface area contributed by atoms with Gasteiger partial charge in [-0.1, -0.05) is 13.3 Å². The number of fused-ring (bicyclic) bond motifs is 1. The van der Waals surface area contributed by atoms with Crippen molar-refractivity contribution in [2.45, 2.75) is 32.6 Å². The first kappa shape index (κ1) is 19.0. The monoisotopic (exact) mass is 391 g/mol. The molecule has 1 aromatic carbocycles. The quantitative estimate of drug-likeness (QED) is 0.616. The minimum absolute atomic E-state index is 0.125. The second-order valence-electron chi connectivity index (χ2n) is 6.41. The number of nitrogens with zero attached hydrogens (tertiary/aromatic N) is 1. The molecular weight excluding hydrogens is 373 g/mol. The van der Waals surface area contributed by atoms with Gasteiger partial charge in [0.2, 0.25) is 5.82 Å². The van der Waals surface area contributed by atoms with Gasteiger partial charge in [-0.2, -0.15) is 4.39 Å². The van der Waals surface area contributed by atoms with Crippen LogP contribution in [0.25, 0.3) is 0 Å². The summed E-state index contributed by atoms with van der Waals surface area (Å²) >= 11 is 1.41. The molecule has 1 atom stereocenters. The van der Waals surface area contributed by atoms with E-state index in [0.29, 0.717) is 10.8 Å². The fourth-order valence-electron chi connectivity index (χ4n) is 3.10. The number of hydrazine groups is 1. The number of nitro groups is 1. The van der Waals surface area contributed by atoms with Crippen LogP contribution in [0, 0.1) is 21.8 Å². The Bertz CT molecular complexity index is 912. The van der Waals surface area contributed by atoms with E-state index in [0.717, 1.165) is 43.9 Å². The summed E-state index contributed by atoms with van der Waals surface area (Å²) in [6.07, 6.45) is 4.14. The van der Waals surface area contributed by atoms with E-state index in [-0.39, 0.29) is 5.56 Å². The summed E-state index contributed by atoms with van der Waals surface area (Å²) in [7, 11) is 0. The number of halogens is 1. The molecule has 2 amide bonds. The summed E-state index contributed by atoms with van der Waals surface area (Å²) in [5, 5.41) is 10.8. The largest absolute Gasteiger partial charge is 0.305 e. The summed E-state index contributed by atoms with van der Waals surface area (Å²) in [5.74, 6) is -1.61. The molecule has 1 heterocycles. The maximum absolute atomic E-state index is 13.3. The van der Waals surface area contributed by atoms with Gasteiger partial charge in [0, 0.05) is 16.5 Å². The lowest BCUT2D eigenvalue weighted by molar-refractivity contribution is -0.387. The Morgan fingerprint density at radius 2 is 2.04 bits per heavy atom. The molecule has 0 saturated carbocycles. The lowest BCUT2D eigenvalue weighted by Gasteiger charge is -2.19. The van der Waals surface area contributed by atoms with Gasteiger partial charge < -0.3 is 0 Å². The van der Waals surface area contributed by atoms with Gasteiger partial charge in [0.05, 0.1) is 9.80 Å². The van der Waals surface area contributed by atoms with Crippen molar-refractivity contribution in [2.75, 3.05) is 0 Å². The van der Waals surface area contributed by atoms with E-state index in [1.165, 1.54) is 21.8 Å². The molecule has 1 aliphatic rings. The first-order valence-corrected chi connectivity index (χ1v) is 9.37. The molecule has 3 rings (SSSR count).